The van der Waals surface area contributed by atoms with E-state index in [0.717, 1.165) is 26.2 Å². The molecule has 2 rings (SSSR count). The van der Waals surface area contributed by atoms with Crippen LogP contribution in [0.15, 0.2) is 37.2 Å². The maximum atomic E-state index is 4.04. The molecule has 0 saturated carbocycles. The van der Waals surface area contributed by atoms with Gasteiger partial charge < -0.3 is 5.32 Å². The minimum Gasteiger partial charge on any atom is -0.314 e. The van der Waals surface area contributed by atoms with E-state index in [-0.39, 0.29) is 0 Å². The Morgan fingerprint density at radius 1 is 1.33 bits per heavy atom. The first-order valence-corrected chi connectivity index (χ1v) is 5.39. The Hall–Kier alpha value is -1.19. The minimum absolute atomic E-state index is 0.329. The summed E-state index contributed by atoms with van der Waals surface area (Å²) in [5.41, 5.74) is 1.28. The summed E-state index contributed by atoms with van der Waals surface area (Å²) in [5, 5.41) is 3.36. The Balaban J connectivity index is 2.12. The number of nitrogens with one attached hydrogen (secondary N) is 1. The van der Waals surface area contributed by atoms with Crippen LogP contribution in [0.4, 0.5) is 0 Å². The lowest BCUT2D eigenvalue weighted by molar-refractivity contribution is 0.203. The van der Waals surface area contributed by atoms with E-state index in [9.17, 15) is 0 Å². The van der Waals surface area contributed by atoms with E-state index in [4.69, 9.17) is 0 Å². The van der Waals surface area contributed by atoms with Gasteiger partial charge in [0.05, 0.1) is 6.04 Å². The summed E-state index contributed by atoms with van der Waals surface area (Å²) in [7, 11) is 0. The van der Waals surface area contributed by atoms with E-state index in [1.54, 1.807) is 0 Å². The summed E-state index contributed by atoms with van der Waals surface area (Å²) in [4.78, 5) is 6.49. The molecule has 80 valence electrons. The number of hydrogen-bond donors (Lipinski definition) is 1. The summed E-state index contributed by atoms with van der Waals surface area (Å²) >= 11 is 0. The fraction of sp³-hybridized carbons (Fsp3) is 0.417. The summed E-state index contributed by atoms with van der Waals surface area (Å²) in [6.45, 7) is 8.22. The van der Waals surface area contributed by atoms with Crippen LogP contribution in [0.1, 0.15) is 11.6 Å². The molecule has 0 bridgehead atoms. The van der Waals surface area contributed by atoms with Crippen LogP contribution in [0.25, 0.3) is 0 Å². The molecule has 1 fully saturated rings. The van der Waals surface area contributed by atoms with Gasteiger partial charge in [0.15, 0.2) is 0 Å². The van der Waals surface area contributed by atoms with Gasteiger partial charge in [-0.25, -0.2) is 0 Å². The van der Waals surface area contributed by atoms with Gasteiger partial charge in [0, 0.05) is 38.6 Å². The van der Waals surface area contributed by atoms with Crippen molar-refractivity contribution >= 4 is 0 Å². The van der Waals surface area contributed by atoms with Crippen LogP contribution in [0.2, 0.25) is 0 Å². The first kappa shape index (κ1) is 10.3. The van der Waals surface area contributed by atoms with Crippen molar-refractivity contribution in [1.82, 2.24) is 15.2 Å². The zero-order valence-corrected chi connectivity index (χ0v) is 8.89. The average molecular weight is 203 g/mol. The molecule has 0 aliphatic carbocycles. The van der Waals surface area contributed by atoms with Crippen molar-refractivity contribution in [3.8, 4) is 0 Å². The van der Waals surface area contributed by atoms with Gasteiger partial charge in [-0.15, -0.1) is 6.58 Å². The summed E-state index contributed by atoms with van der Waals surface area (Å²) in [6.07, 6.45) is 5.70. The van der Waals surface area contributed by atoms with E-state index >= 15 is 0 Å². The summed E-state index contributed by atoms with van der Waals surface area (Å²) < 4.78 is 0. The molecule has 1 aliphatic rings. The molecular formula is C12H17N3. The van der Waals surface area contributed by atoms with Gasteiger partial charge >= 0.3 is 0 Å². The maximum Gasteiger partial charge on any atom is 0.0531 e. The van der Waals surface area contributed by atoms with Gasteiger partial charge in [-0.1, -0.05) is 6.08 Å². The second-order valence-electron chi connectivity index (χ2n) is 3.75. The van der Waals surface area contributed by atoms with Crippen molar-refractivity contribution in [3.63, 3.8) is 0 Å². The van der Waals surface area contributed by atoms with Crippen LogP contribution >= 0.6 is 0 Å². The van der Waals surface area contributed by atoms with Crippen molar-refractivity contribution in [3.05, 3.63) is 42.7 Å². The predicted octanol–water partition coefficient (Wildman–Crippen LogP) is 1.21. The molecule has 3 heteroatoms. The third-order valence-electron chi connectivity index (χ3n) is 2.82. The zero-order valence-electron chi connectivity index (χ0n) is 8.89. The van der Waals surface area contributed by atoms with Crippen molar-refractivity contribution < 1.29 is 0 Å². The molecule has 3 nitrogen and oxygen atoms in total. The first-order valence-electron chi connectivity index (χ1n) is 5.39. The number of nitrogens with zero attached hydrogens (tertiary/aromatic N) is 2. The topological polar surface area (TPSA) is 28.2 Å². The number of rotatable bonds is 3. The quantitative estimate of drug-likeness (QED) is 0.749. The first-order chi connectivity index (χ1) is 7.42. The van der Waals surface area contributed by atoms with Gasteiger partial charge in [-0.3, -0.25) is 9.88 Å². The van der Waals surface area contributed by atoms with E-state index in [0.29, 0.717) is 6.04 Å². The molecule has 1 aliphatic heterocycles. The third-order valence-corrected chi connectivity index (χ3v) is 2.82. The van der Waals surface area contributed by atoms with Crippen LogP contribution in [0, 0.1) is 0 Å². The van der Waals surface area contributed by atoms with Crippen LogP contribution in [-0.4, -0.2) is 36.1 Å². The van der Waals surface area contributed by atoms with Gasteiger partial charge in [-0.2, -0.15) is 0 Å². The fourth-order valence-corrected chi connectivity index (χ4v) is 2.02. The number of aromatic nitrogens is 1. The number of hydrogen-bond acceptors (Lipinski definition) is 3. The molecule has 1 atom stereocenters. The largest absolute Gasteiger partial charge is 0.314 e. The molecular weight excluding hydrogens is 186 g/mol. The molecule has 2 heterocycles. The Bertz CT molecular complexity index is 304. The SMILES string of the molecule is C=C[C@@H](c1ccncc1)N1CCNCC1. The monoisotopic (exact) mass is 203 g/mol. The smallest absolute Gasteiger partial charge is 0.0531 e. The standard InChI is InChI=1S/C12H17N3/c1-2-12(11-3-5-13-6-4-11)15-9-7-14-8-10-15/h2-6,12,14H,1,7-10H2/t12-/m0/s1. The fourth-order valence-electron chi connectivity index (χ4n) is 2.02. The Morgan fingerprint density at radius 2 is 2.00 bits per heavy atom. The normalized spacial score (nSPS) is 19.7. The zero-order chi connectivity index (χ0) is 10.5. The van der Waals surface area contributed by atoms with Crippen LogP contribution in [0.5, 0.6) is 0 Å². The molecule has 1 aromatic heterocycles. The predicted molar refractivity (Wildman–Crippen MR) is 61.6 cm³/mol. The molecule has 1 aromatic rings. The molecule has 1 saturated heterocycles. The van der Waals surface area contributed by atoms with E-state index in [2.05, 4.69) is 33.9 Å². The van der Waals surface area contributed by atoms with Crippen molar-refractivity contribution in [2.75, 3.05) is 26.2 Å². The highest BCUT2D eigenvalue weighted by molar-refractivity contribution is 5.19. The van der Waals surface area contributed by atoms with Crippen LogP contribution in [0.3, 0.4) is 0 Å². The highest BCUT2D eigenvalue weighted by atomic mass is 15.2. The van der Waals surface area contributed by atoms with Gasteiger partial charge in [0.1, 0.15) is 0 Å². The Labute approximate surface area is 90.8 Å². The van der Waals surface area contributed by atoms with E-state index in [1.807, 2.05) is 18.5 Å². The van der Waals surface area contributed by atoms with Gasteiger partial charge in [0.25, 0.3) is 0 Å². The maximum absolute atomic E-state index is 4.04. The highest BCUT2D eigenvalue weighted by Crippen LogP contribution is 2.20. The average Bonchev–Trinajstić information content (AvgIpc) is 2.33. The molecule has 0 amide bonds. The molecule has 1 N–H and O–H groups in total. The van der Waals surface area contributed by atoms with E-state index in [1.165, 1.54) is 5.56 Å². The van der Waals surface area contributed by atoms with Gasteiger partial charge in [0.2, 0.25) is 0 Å². The second-order valence-corrected chi connectivity index (χ2v) is 3.75. The Morgan fingerprint density at radius 3 is 2.60 bits per heavy atom. The molecule has 0 spiro atoms. The third kappa shape index (κ3) is 2.43. The van der Waals surface area contributed by atoms with Crippen molar-refractivity contribution in [2.24, 2.45) is 0 Å². The summed E-state index contributed by atoms with van der Waals surface area (Å²) in [5.74, 6) is 0. The number of pyridine rings is 1. The lowest BCUT2D eigenvalue weighted by Gasteiger charge is -2.33. The second kappa shape index (κ2) is 5.05. The van der Waals surface area contributed by atoms with Gasteiger partial charge in [-0.05, 0) is 17.7 Å². The van der Waals surface area contributed by atoms with E-state index < -0.39 is 0 Å². The molecule has 0 radical (unpaired) electrons. The highest BCUT2D eigenvalue weighted by Gasteiger charge is 2.18. The minimum atomic E-state index is 0.329. The van der Waals surface area contributed by atoms with Crippen molar-refractivity contribution in [2.45, 2.75) is 6.04 Å². The van der Waals surface area contributed by atoms with Crippen molar-refractivity contribution in [1.29, 1.82) is 0 Å². The lowest BCUT2D eigenvalue weighted by atomic mass is 10.1. The lowest BCUT2D eigenvalue weighted by Crippen LogP contribution is -2.44. The number of piperazine rings is 1. The Kier molecular flexibility index (Phi) is 3.48. The molecule has 0 unspecified atom stereocenters. The molecule has 15 heavy (non-hydrogen) atoms. The molecule has 0 aromatic carbocycles. The van der Waals surface area contributed by atoms with Crippen LogP contribution in [-0.2, 0) is 0 Å². The summed E-state index contributed by atoms with van der Waals surface area (Å²) in [6, 6.07) is 4.46. The van der Waals surface area contributed by atoms with Crippen LogP contribution < -0.4 is 5.32 Å².